The molecule has 4 aliphatic carbocycles. The van der Waals surface area contributed by atoms with Gasteiger partial charge in [0.05, 0.1) is 0 Å². The van der Waals surface area contributed by atoms with Crippen LogP contribution in [-0.2, 0) is 13.7 Å². The van der Waals surface area contributed by atoms with E-state index in [-0.39, 0.29) is 0 Å². The van der Waals surface area contributed by atoms with Crippen molar-refractivity contribution in [3.8, 4) is 0 Å². The molecule has 2 heterocycles. The van der Waals surface area contributed by atoms with E-state index < -0.39 is 16.6 Å². The highest BCUT2D eigenvalue weighted by atomic mass is 28.4. The summed E-state index contributed by atoms with van der Waals surface area (Å²) in [6.07, 6.45) is 26.8. The lowest BCUT2D eigenvalue weighted by atomic mass is 9.72. The monoisotopic (exact) mass is 771 g/mol. The third-order valence-electron chi connectivity index (χ3n) is 16.5. The molecule has 0 spiro atoms. The molecule has 304 valence electrons. The highest BCUT2D eigenvalue weighted by Gasteiger charge is 2.45. The lowest BCUT2D eigenvalue weighted by molar-refractivity contribution is -0.135. The molecule has 0 aromatic carbocycles. The maximum atomic E-state index is 13.4. The fourth-order valence-corrected chi connectivity index (χ4v) is 23.1. The Labute approximate surface area is 327 Å². The van der Waals surface area contributed by atoms with Gasteiger partial charge in [0.25, 0.3) is 0 Å². The summed E-state index contributed by atoms with van der Waals surface area (Å²) in [5.74, 6) is 6.71. The minimum atomic E-state index is -1.85. The zero-order chi connectivity index (χ0) is 37.6. The summed E-state index contributed by atoms with van der Waals surface area (Å²) in [5, 5.41) is 0. The van der Waals surface area contributed by atoms with Crippen LogP contribution in [0.2, 0.25) is 37.3 Å². The molecule has 0 aromatic heterocycles. The van der Waals surface area contributed by atoms with Gasteiger partial charge in [-0.15, -0.1) is 0 Å². The lowest BCUT2D eigenvalue weighted by Gasteiger charge is -2.46. The maximum Gasteiger partial charge on any atom is 0.222 e. The second-order valence-electron chi connectivity index (χ2n) is 20.6. The van der Waals surface area contributed by atoms with E-state index in [0.29, 0.717) is 34.7 Å². The van der Waals surface area contributed by atoms with Gasteiger partial charge in [0.1, 0.15) is 0 Å². The van der Waals surface area contributed by atoms with Gasteiger partial charge in [0.2, 0.25) is 11.8 Å². The first-order valence-electron chi connectivity index (χ1n) is 23.1. The molecular weight excluding hydrogens is 689 g/mol. The molecule has 7 nitrogen and oxygen atoms in total. The van der Waals surface area contributed by atoms with Gasteiger partial charge in [0.15, 0.2) is 16.6 Å². The summed E-state index contributed by atoms with van der Waals surface area (Å²) >= 11 is 0. The van der Waals surface area contributed by atoms with Crippen LogP contribution < -0.4 is 11.5 Å². The van der Waals surface area contributed by atoms with Crippen LogP contribution in [-0.4, -0.2) is 77.5 Å². The van der Waals surface area contributed by atoms with Crippen molar-refractivity contribution in [2.45, 2.75) is 179 Å². The Morgan fingerprint density at radius 2 is 0.849 bits per heavy atom. The van der Waals surface area contributed by atoms with Crippen LogP contribution in [0.1, 0.15) is 141 Å². The number of nitrogens with zero attached hydrogens (tertiary/aromatic N) is 2. The predicted molar refractivity (Wildman–Crippen MR) is 224 cm³/mol. The van der Waals surface area contributed by atoms with E-state index in [0.717, 1.165) is 87.6 Å². The number of rotatable bonds is 12. The number of nitrogens with two attached hydrogens (primary N) is 2. The molecule has 0 bridgehead atoms. The fourth-order valence-electron chi connectivity index (χ4n) is 12.9. The van der Waals surface area contributed by atoms with E-state index in [1.165, 1.54) is 128 Å². The Hall–Kier alpha value is -0.746. The van der Waals surface area contributed by atoms with E-state index >= 15 is 0 Å². The van der Waals surface area contributed by atoms with E-state index in [9.17, 15) is 9.59 Å². The average Bonchev–Trinajstić information content (AvgIpc) is 3.18. The van der Waals surface area contributed by atoms with Crippen LogP contribution in [0.15, 0.2) is 0 Å². The zero-order valence-corrected chi connectivity index (χ0v) is 36.8. The second-order valence-corrected chi connectivity index (χ2v) is 29.5. The number of carbonyl (C=O) groups is 2. The first-order valence-corrected chi connectivity index (χ1v) is 29.1. The molecule has 9 heteroatoms. The van der Waals surface area contributed by atoms with Gasteiger partial charge < -0.3 is 25.4 Å². The quantitative estimate of drug-likeness (QED) is 0.193. The van der Waals surface area contributed by atoms with Gasteiger partial charge in [-0.3, -0.25) is 9.59 Å². The lowest BCUT2D eigenvalue weighted by Crippen LogP contribution is -2.51. The van der Waals surface area contributed by atoms with Crippen molar-refractivity contribution in [1.82, 2.24) is 9.80 Å². The third kappa shape index (κ3) is 11.2. The second kappa shape index (κ2) is 19.1. The highest BCUT2D eigenvalue weighted by molar-refractivity contribution is 6.86. The molecule has 4 N–H and O–H groups in total. The maximum absolute atomic E-state index is 13.4. The molecule has 2 aliphatic heterocycles. The van der Waals surface area contributed by atoms with Crippen molar-refractivity contribution in [2.24, 2.45) is 58.8 Å². The molecule has 4 atom stereocenters. The molecule has 2 amide bonds. The molecule has 4 saturated carbocycles. The summed E-state index contributed by atoms with van der Waals surface area (Å²) in [5.41, 5.74) is 13.5. The molecule has 0 radical (unpaired) electrons. The van der Waals surface area contributed by atoms with E-state index in [2.05, 4.69) is 36.0 Å². The molecule has 4 unspecified atom stereocenters. The number of hydrogen-bond donors (Lipinski definition) is 2. The Balaban J connectivity index is 0.865. The van der Waals surface area contributed by atoms with Crippen molar-refractivity contribution in [1.29, 1.82) is 0 Å². The van der Waals surface area contributed by atoms with Crippen molar-refractivity contribution in [3.05, 3.63) is 0 Å². The molecule has 0 aromatic rings. The molecule has 6 fully saturated rings. The first-order chi connectivity index (χ1) is 25.4. The summed E-state index contributed by atoms with van der Waals surface area (Å²) < 4.78 is 7.39. The largest absolute Gasteiger partial charge is 0.455 e. The number of carbonyl (C=O) groups excluding carboxylic acids is 2. The van der Waals surface area contributed by atoms with Crippen LogP contribution in [0.5, 0.6) is 0 Å². The minimum Gasteiger partial charge on any atom is -0.455 e. The van der Waals surface area contributed by atoms with E-state index in [4.69, 9.17) is 15.6 Å². The van der Waals surface area contributed by atoms with Gasteiger partial charge in [-0.05, 0) is 175 Å². The van der Waals surface area contributed by atoms with Gasteiger partial charge in [-0.2, -0.15) is 0 Å². The van der Waals surface area contributed by atoms with E-state index in [1.807, 2.05) is 0 Å². The standard InChI is InChI=1S/C44H82N4O3Si2/c1-52(2,41-15-11-33(12-16-41)29-43(49)47-23-19-37(20-24-47)39-9-5-7-35(27-39)31-45)51-53(3,4)42-17-13-34(14-18-42)30-44(50)48-25-21-38(22-26-48)40-10-6-8-36(28-40)32-46/h33-42H,5-32,45-46H2,1-4H3. The first kappa shape index (κ1) is 41.9. The van der Waals surface area contributed by atoms with Gasteiger partial charge in [-0.25, -0.2) is 0 Å². The summed E-state index contributed by atoms with van der Waals surface area (Å²) in [6.45, 7) is 15.6. The summed E-state index contributed by atoms with van der Waals surface area (Å²) in [6, 6.07) is 0. The average molecular weight is 771 g/mol. The van der Waals surface area contributed by atoms with Crippen molar-refractivity contribution < 1.29 is 13.7 Å². The van der Waals surface area contributed by atoms with Crippen molar-refractivity contribution in [2.75, 3.05) is 39.3 Å². The van der Waals surface area contributed by atoms with Gasteiger partial charge in [-0.1, -0.05) is 51.4 Å². The normalized spacial score (nSPS) is 34.6. The fraction of sp³-hybridized carbons (Fsp3) is 0.955. The van der Waals surface area contributed by atoms with Gasteiger partial charge in [0, 0.05) is 39.0 Å². The Kier molecular flexibility index (Phi) is 15.1. The Bertz CT molecular complexity index is 1070. The zero-order valence-electron chi connectivity index (χ0n) is 34.8. The number of amides is 2. The third-order valence-corrected chi connectivity index (χ3v) is 25.8. The van der Waals surface area contributed by atoms with Crippen LogP contribution in [0.3, 0.4) is 0 Å². The molecular formula is C44H82N4O3Si2. The van der Waals surface area contributed by atoms with Crippen molar-refractivity contribution >= 4 is 28.4 Å². The van der Waals surface area contributed by atoms with Gasteiger partial charge >= 0.3 is 0 Å². The summed E-state index contributed by atoms with van der Waals surface area (Å²) in [4.78, 5) is 31.2. The SMILES string of the molecule is C[Si](C)(O[Si](C)(C)C1CCC(CC(=O)N2CCC(C3CCCC(CN)C3)CC2)CC1)C1CCC(CC(=O)N2CCC(C3CCCC(CN)C3)CC2)CC1. The highest BCUT2D eigenvalue weighted by Crippen LogP contribution is 2.47. The number of hydrogen-bond acceptors (Lipinski definition) is 5. The van der Waals surface area contributed by atoms with Crippen LogP contribution in [0.4, 0.5) is 0 Å². The molecule has 53 heavy (non-hydrogen) atoms. The number of piperidine rings is 2. The van der Waals surface area contributed by atoms with E-state index in [1.54, 1.807) is 0 Å². The Morgan fingerprint density at radius 1 is 0.491 bits per heavy atom. The molecule has 6 rings (SSSR count). The van der Waals surface area contributed by atoms with Crippen LogP contribution in [0, 0.1) is 47.3 Å². The topological polar surface area (TPSA) is 102 Å². The molecule has 2 saturated heterocycles. The smallest absolute Gasteiger partial charge is 0.222 e. The molecule has 6 aliphatic rings. The Morgan fingerprint density at radius 3 is 1.19 bits per heavy atom. The van der Waals surface area contributed by atoms with Crippen LogP contribution in [0.25, 0.3) is 0 Å². The minimum absolute atomic E-state index is 0.426. The van der Waals surface area contributed by atoms with Crippen molar-refractivity contribution in [3.63, 3.8) is 0 Å². The number of likely N-dealkylation sites (tertiary alicyclic amines) is 2. The summed E-state index contributed by atoms with van der Waals surface area (Å²) in [7, 11) is -3.71. The van der Waals surface area contributed by atoms with Crippen LogP contribution >= 0.6 is 0 Å². The predicted octanol–water partition coefficient (Wildman–Crippen LogP) is 9.32.